The number of likely N-dealkylation sites (tertiary alicyclic amines) is 1. The van der Waals surface area contributed by atoms with Crippen molar-refractivity contribution in [2.24, 2.45) is 5.92 Å². The van der Waals surface area contributed by atoms with Gasteiger partial charge >= 0.3 is 0 Å². The molecule has 1 aromatic heterocycles. The smallest absolute Gasteiger partial charge is 0.255 e. The number of pyridine rings is 1. The van der Waals surface area contributed by atoms with E-state index in [2.05, 4.69) is 4.98 Å². The molecule has 2 fully saturated rings. The van der Waals surface area contributed by atoms with Crippen LogP contribution in [0.5, 0.6) is 0 Å². The number of aryl methyl sites for hydroxylation is 1. The molecule has 0 spiro atoms. The van der Waals surface area contributed by atoms with Crippen LogP contribution >= 0.6 is 0 Å². The molecule has 0 radical (unpaired) electrons. The van der Waals surface area contributed by atoms with Gasteiger partial charge in [0.05, 0.1) is 5.56 Å². The van der Waals surface area contributed by atoms with Gasteiger partial charge in [-0.1, -0.05) is 6.42 Å². The van der Waals surface area contributed by atoms with Crippen LogP contribution in [0.1, 0.15) is 54.4 Å². The Morgan fingerprint density at radius 1 is 1.24 bits per heavy atom. The lowest BCUT2D eigenvalue weighted by atomic mass is 9.81. The average molecular weight is 286 g/mol. The third-order valence-corrected chi connectivity index (χ3v) is 4.75. The minimum absolute atomic E-state index is 0.0343. The molecule has 1 aromatic rings. The van der Waals surface area contributed by atoms with E-state index in [4.69, 9.17) is 0 Å². The van der Waals surface area contributed by atoms with Crippen molar-refractivity contribution in [2.75, 3.05) is 6.54 Å². The van der Waals surface area contributed by atoms with Gasteiger partial charge in [-0.2, -0.15) is 0 Å². The van der Waals surface area contributed by atoms with E-state index in [0.29, 0.717) is 17.8 Å². The molecule has 0 aromatic carbocycles. The lowest BCUT2D eigenvalue weighted by Gasteiger charge is -2.33. The predicted octanol–water partition coefficient (Wildman–Crippen LogP) is 2.75. The first-order valence-corrected chi connectivity index (χ1v) is 7.92. The second-order valence-electron chi connectivity index (χ2n) is 6.28. The molecule has 4 nitrogen and oxygen atoms in total. The molecule has 4 heteroatoms. The fourth-order valence-electron chi connectivity index (χ4n) is 3.72. The van der Waals surface area contributed by atoms with Gasteiger partial charge in [-0.3, -0.25) is 14.6 Å². The van der Waals surface area contributed by atoms with E-state index in [1.54, 1.807) is 12.4 Å². The molecule has 1 aliphatic carbocycles. The Balaban J connectivity index is 1.80. The molecular formula is C17H22N2O2. The van der Waals surface area contributed by atoms with Crippen LogP contribution in [0, 0.1) is 12.8 Å². The molecule has 1 aliphatic heterocycles. The Morgan fingerprint density at radius 2 is 2.10 bits per heavy atom. The third-order valence-electron chi connectivity index (χ3n) is 4.75. The molecule has 1 saturated carbocycles. The van der Waals surface area contributed by atoms with Gasteiger partial charge in [0, 0.05) is 37.3 Å². The van der Waals surface area contributed by atoms with E-state index >= 15 is 0 Å². The first-order chi connectivity index (χ1) is 10.2. The lowest BCUT2D eigenvalue weighted by Crippen LogP contribution is -2.43. The number of carbonyl (C=O) groups excluding carboxylic acids is 2. The van der Waals surface area contributed by atoms with Crippen molar-refractivity contribution < 1.29 is 9.59 Å². The Labute approximate surface area is 125 Å². The van der Waals surface area contributed by atoms with Crippen LogP contribution < -0.4 is 0 Å². The van der Waals surface area contributed by atoms with Crippen LogP contribution in [0.2, 0.25) is 0 Å². The SMILES string of the molecule is Cc1cncc(C(=O)N2CCCC2C2CCCCC2=O)c1. The van der Waals surface area contributed by atoms with Crippen molar-refractivity contribution in [2.45, 2.75) is 51.5 Å². The van der Waals surface area contributed by atoms with Crippen molar-refractivity contribution in [3.63, 3.8) is 0 Å². The van der Waals surface area contributed by atoms with Crippen LogP contribution in [-0.4, -0.2) is 34.2 Å². The van der Waals surface area contributed by atoms with Crippen molar-refractivity contribution in [3.05, 3.63) is 29.6 Å². The summed E-state index contributed by atoms with van der Waals surface area (Å²) in [6.45, 7) is 2.71. The second kappa shape index (κ2) is 5.96. The number of carbonyl (C=O) groups is 2. The molecule has 2 aliphatic rings. The molecule has 21 heavy (non-hydrogen) atoms. The summed E-state index contributed by atoms with van der Waals surface area (Å²) in [5.74, 6) is 0.448. The summed E-state index contributed by atoms with van der Waals surface area (Å²) in [5.41, 5.74) is 1.63. The summed E-state index contributed by atoms with van der Waals surface area (Å²) in [6.07, 6.45) is 9.10. The highest BCUT2D eigenvalue weighted by atomic mass is 16.2. The minimum atomic E-state index is 0.0343. The minimum Gasteiger partial charge on any atom is -0.335 e. The molecule has 1 saturated heterocycles. The summed E-state index contributed by atoms with van der Waals surface area (Å²) in [4.78, 5) is 31.0. The average Bonchev–Trinajstić information content (AvgIpc) is 2.96. The van der Waals surface area contributed by atoms with E-state index in [0.717, 1.165) is 44.2 Å². The number of aromatic nitrogens is 1. The summed E-state index contributed by atoms with van der Waals surface area (Å²) < 4.78 is 0. The van der Waals surface area contributed by atoms with Crippen LogP contribution in [0.3, 0.4) is 0 Å². The fourth-order valence-corrected chi connectivity index (χ4v) is 3.72. The monoisotopic (exact) mass is 286 g/mol. The van der Waals surface area contributed by atoms with Gasteiger partial charge in [0.1, 0.15) is 5.78 Å². The Hall–Kier alpha value is -1.71. The van der Waals surface area contributed by atoms with Gasteiger partial charge in [-0.15, -0.1) is 0 Å². The van der Waals surface area contributed by atoms with Crippen molar-refractivity contribution in [1.82, 2.24) is 9.88 Å². The molecule has 3 rings (SSSR count). The maximum absolute atomic E-state index is 12.7. The van der Waals surface area contributed by atoms with Crippen molar-refractivity contribution >= 4 is 11.7 Å². The maximum Gasteiger partial charge on any atom is 0.255 e. The normalized spacial score (nSPS) is 26.1. The number of Topliss-reactive ketones (excluding diaryl/α,β-unsaturated/α-hetero) is 1. The molecule has 2 heterocycles. The molecule has 1 amide bonds. The summed E-state index contributed by atoms with van der Waals surface area (Å²) in [6, 6.07) is 1.98. The molecule has 0 bridgehead atoms. The third kappa shape index (κ3) is 2.85. The topological polar surface area (TPSA) is 50.3 Å². The van der Waals surface area contributed by atoms with Gasteiger partial charge in [0.2, 0.25) is 0 Å². The van der Waals surface area contributed by atoms with Crippen LogP contribution in [-0.2, 0) is 4.79 Å². The van der Waals surface area contributed by atoms with Gasteiger partial charge in [0.25, 0.3) is 5.91 Å². The zero-order valence-electron chi connectivity index (χ0n) is 12.5. The summed E-state index contributed by atoms with van der Waals surface area (Å²) >= 11 is 0. The Morgan fingerprint density at radius 3 is 2.86 bits per heavy atom. The molecule has 0 N–H and O–H groups in total. The van der Waals surface area contributed by atoms with Gasteiger partial charge in [-0.05, 0) is 44.2 Å². The highest BCUT2D eigenvalue weighted by Crippen LogP contribution is 2.33. The molecular weight excluding hydrogens is 264 g/mol. The highest BCUT2D eigenvalue weighted by molar-refractivity contribution is 5.95. The Kier molecular flexibility index (Phi) is 4.04. The zero-order chi connectivity index (χ0) is 14.8. The number of amides is 1. The lowest BCUT2D eigenvalue weighted by molar-refractivity contribution is -0.126. The first kappa shape index (κ1) is 14.2. The summed E-state index contributed by atoms with van der Waals surface area (Å²) in [5, 5.41) is 0. The maximum atomic E-state index is 12.7. The molecule has 2 unspecified atom stereocenters. The number of hydrogen-bond acceptors (Lipinski definition) is 3. The molecule has 112 valence electrons. The second-order valence-corrected chi connectivity index (χ2v) is 6.28. The number of ketones is 1. The van der Waals surface area contributed by atoms with E-state index in [-0.39, 0.29) is 17.9 Å². The Bertz CT molecular complexity index is 555. The van der Waals surface area contributed by atoms with E-state index in [1.165, 1.54) is 0 Å². The van der Waals surface area contributed by atoms with Gasteiger partial charge in [0.15, 0.2) is 0 Å². The van der Waals surface area contributed by atoms with E-state index in [9.17, 15) is 9.59 Å². The number of hydrogen-bond donors (Lipinski definition) is 0. The van der Waals surface area contributed by atoms with E-state index in [1.807, 2.05) is 17.9 Å². The fraction of sp³-hybridized carbons (Fsp3) is 0.588. The first-order valence-electron chi connectivity index (χ1n) is 7.92. The predicted molar refractivity (Wildman–Crippen MR) is 80.0 cm³/mol. The van der Waals surface area contributed by atoms with E-state index < -0.39 is 0 Å². The standard InChI is InChI=1S/C17H22N2O2/c1-12-9-13(11-18-10-12)17(21)19-8-4-6-15(19)14-5-2-3-7-16(14)20/h9-11,14-15H,2-8H2,1H3. The molecule has 2 atom stereocenters. The number of nitrogens with zero attached hydrogens (tertiary/aromatic N) is 2. The highest BCUT2D eigenvalue weighted by Gasteiger charge is 2.39. The van der Waals surface area contributed by atoms with Crippen LogP contribution in [0.15, 0.2) is 18.5 Å². The summed E-state index contributed by atoms with van der Waals surface area (Å²) in [7, 11) is 0. The van der Waals surface area contributed by atoms with Crippen LogP contribution in [0.25, 0.3) is 0 Å². The van der Waals surface area contributed by atoms with Crippen LogP contribution in [0.4, 0.5) is 0 Å². The quantitative estimate of drug-likeness (QED) is 0.840. The van der Waals surface area contributed by atoms with Crippen molar-refractivity contribution in [3.8, 4) is 0 Å². The largest absolute Gasteiger partial charge is 0.335 e. The zero-order valence-corrected chi connectivity index (χ0v) is 12.5. The van der Waals surface area contributed by atoms with Gasteiger partial charge in [-0.25, -0.2) is 0 Å². The van der Waals surface area contributed by atoms with Crippen molar-refractivity contribution in [1.29, 1.82) is 0 Å². The number of rotatable bonds is 2. The van der Waals surface area contributed by atoms with Gasteiger partial charge < -0.3 is 4.90 Å².